The molecular formula is C23H18N2O5. The highest BCUT2D eigenvalue weighted by molar-refractivity contribution is 6.11. The molecule has 0 saturated heterocycles. The first-order valence-corrected chi connectivity index (χ1v) is 9.79. The van der Waals surface area contributed by atoms with Crippen LogP contribution >= 0.6 is 0 Å². The first-order valence-electron chi connectivity index (χ1n) is 9.79. The summed E-state index contributed by atoms with van der Waals surface area (Å²) in [6.07, 6.45) is 1.38. The van der Waals surface area contributed by atoms with Gasteiger partial charge in [0.05, 0.1) is 18.4 Å². The SMILES string of the molecule is O=C1N(Cc2ccc(O)cn2)c2ccccc2[C@]12COc1cc3c(cc12)OCCO3. The molecule has 0 saturated carbocycles. The number of hydrogen-bond acceptors (Lipinski definition) is 6. The number of anilines is 1. The zero-order valence-electron chi connectivity index (χ0n) is 16.0. The van der Waals surface area contributed by atoms with Crippen molar-refractivity contribution < 1.29 is 24.1 Å². The number of carbonyl (C=O) groups is 1. The fourth-order valence-electron chi connectivity index (χ4n) is 4.54. The third-order valence-corrected chi connectivity index (χ3v) is 5.94. The van der Waals surface area contributed by atoms with Crippen molar-refractivity contribution in [2.75, 3.05) is 24.7 Å². The topological polar surface area (TPSA) is 81.1 Å². The molecule has 4 heterocycles. The second-order valence-electron chi connectivity index (χ2n) is 7.60. The summed E-state index contributed by atoms with van der Waals surface area (Å²) in [5.74, 6) is 1.95. The second-order valence-corrected chi connectivity index (χ2v) is 7.60. The summed E-state index contributed by atoms with van der Waals surface area (Å²) in [7, 11) is 0. The van der Waals surface area contributed by atoms with E-state index < -0.39 is 5.41 Å². The Bertz CT molecular complexity index is 1180. The molecule has 1 aromatic heterocycles. The number of aromatic nitrogens is 1. The Balaban J connectivity index is 1.48. The molecule has 3 aliphatic rings. The van der Waals surface area contributed by atoms with E-state index in [0.29, 0.717) is 42.7 Å². The summed E-state index contributed by atoms with van der Waals surface area (Å²) in [5.41, 5.74) is 2.30. The molecule has 1 spiro atoms. The van der Waals surface area contributed by atoms with Crippen molar-refractivity contribution in [1.29, 1.82) is 0 Å². The van der Waals surface area contributed by atoms with Gasteiger partial charge in [0.2, 0.25) is 5.91 Å². The number of carbonyl (C=O) groups excluding carboxylic acids is 1. The molecule has 7 nitrogen and oxygen atoms in total. The van der Waals surface area contributed by atoms with E-state index in [1.807, 2.05) is 36.4 Å². The molecule has 0 radical (unpaired) electrons. The van der Waals surface area contributed by atoms with Crippen LogP contribution < -0.4 is 19.1 Å². The summed E-state index contributed by atoms with van der Waals surface area (Å²) in [6, 6.07) is 14.8. The van der Waals surface area contributed by atoms with E-state index in [4.69, 9.17) is 14.2 Å². The van der Waals surface area contributed by atoms with Crippen LogP contribution in [0.5, 0.6) is 23.0 Å². The van der Waals surface area contributed by atoms with Crippen LogP contribution in [0.4, 0.5) is 5.69 Å². The minimum atomic E-state index is -0.932. The summed E-state index contributed by atoms with van der Waals surface area (Å²) in [6.45, 7) is 1.49. The van der Waals surface area contributed by atoms with Crippen molar-refractivity contribution in [2.24, 2.45) is 0 Å². The summed E-state index contributed by atoms with van der Waals surface area (Å²) in [5, 5.41) is 9.52. The zero-order valence-corrected chi connectivity index (χ0v) is 16.0. The fourth-order valence-corrected chi connectivity index (χ4v) is 4.54. The van der Waals surface area contributed by atoms with Gasteiger partial charge in [0, 0.05) is 17.3 Å². The van der Waals surface area contributed by atoms with E-state index in [0.717, 1.165) is 16.8 Å². The number of fused-ring (bicyclic) bond motifs is 5. The lowest BCUT2D eigenvalue weighted by atomic mass is 9.77. The third-order valence-electron chi connectivity index (χ3n) is 5.94. The van der Waals surface area contributed by atoms with Crippen molar-refractivity contribution in [3.63, 3.8) is 0 Å². The Morgan fingerprint density at radius 2 is 1.77 bits per heavy atom. The number of ether oxygens (including phenoxy) is 3. The van der Waals surface area contributed by atoms with Crippen molar-refractivity contribution in [3.05, 3.63) is 71.5 Å². The first-order chi connectivity index (χ1) is 14.7. The van der Waals surface area contributed by atoms with Crippen LogP contribution in [0, 0.1) is 0 Å². The van der Waals surface area contributed by atoms with Crippen molar-refractivity contribution in [1.82, 2.24) is 4.98 Å². The summed E-state index contributed by atoms with van der Waals surface area (Å²) in [4.78, 5) is 19.9. The molecule has 2 aromatic carbocycles. The molecule has 0 fully saturated rings. The smallest absolute Gasteiger partial charge is 0.246 e. The van der Waals surface area contributed by atoms with E-state index in [1.165, 1.54) is 6.20 Å². The maximum absolute atomic E-state index is 13.9. The van der Waals surface area contributed by atoms with E-state index >= 15 is 0 Å². The van der Waals surface area contributed by atoms with E-state index in [1.54, 1.807) is 17.0 Å². The minimum absolute atomic E-state index is 0.0611. The molecule has 1 atom stereocenters. The van der Waals surface area contributed by atoms with Gasteiger partial charge in [-0.05, 0) is 29.8 Å². The third kappa shape index (κ3) is 2.26. The molecule has 0 bridgehead atoms. The quantitative estimate of drug-likeness (QED) is 0.710. The van der Waals surface area contributed by atoms with Gasteiger partial charge in [-0.25, -0.2) is 0 Å². The Hall–Kier alpha value is -3.74. The Labute approximate surface area is 172 Å². The average Bonchev–Trinajstić information content (AvgIpc) is 3.26. The Morgan fingerprint density at radius 1 is 0.967 bits per heavy atom. The Kier molecular flexibility index (Phi) is 3.50. The number of para-hydroxylation sites is 1. The average molecular weight is 402 g/mol. The van der Waals surface area contributed by atoms with Gasteiger partial charge in [0.1, 0.15) is 36.7 Å². The molecule has 7 heteroatoms. The molecule has 1 amide bonds. The van der Waals surface area contributed by atoms with Gasteiger partial charge in [0.25, 0.3) is 0 Å². The molecule has 3 aliphatic heterocycles. The first kappa shape index (κ1) is 17.1. The summed E-state index contributed by atoms with van der Waals surface area (Å²) < 4.78 is 17.5. The lowest BCUT2D eigenvalue weighted by molar-refractivity contribution is -0.122. The van der Waals surface area contributed by atoms with Gasteiger partial charge < -0.3 is 24.2 Å². The fraction of sp³-hybridized carbons (Fsp3) is 0.217. The number of aromatic hydroxyl groups is 1. The number of pyridine rings is 1. The number of rotatable bonds is 2. The highest BCUT2D eigenvalue weighted by Gasteiger charge is 2.57. The number of amides is 1. The highest BCUT2D eigenvalue weighted by Crippen LogP contribution is 2.54. The van der Waals surface area contributed by atoms with E-state index in [9.17, 15) is 9.90 Å². The second kappa shape index (κ2) is 6.13. The normalized spacial score (nSPS) is 20.8. The van der Waals surface area contributed by atoms with E-state index in [2.05, 4.69) is 4.98 Å². The molecule has 0 unspecified atom stereocenters. The number of nitrogens with zero attached hydrogens (tertiary/aromatic N) is 2. The zero-order chi connectivity index (χ0) is 20.3. The predicted molar refractivity (Wildman–Crippen MR) is 107 cm³/mol. The maximum Gasteiger partial charge on any atom is 0.246 e. The van der Waals surface area contributed by atoms with Gasteiger partial charge in [-0.1, -0.05) is 18.2 Å². The van der Waals surface area contributed by atoms with Gasteiger partial charge in [-0.2, -0.15) is 0 Å². The monoisotopic (exact) mass is 402 g/mol. The van der Waals surface area contributed by atoms with Crippen LogP contribution in [0.25, 0.3) is 0 Å². The lowest BCUT2D eigenvalue weighted by Gasteiger charge is -2.24. The van der Waals surface area contributed by atoms with Crippen molar-refractivity contribution in [2.45, 2.75) is 12.0 Å². The predicted octanol–water partition coefficient (Wildman–Crippen LogP) is 2.78. The van der Waals surface area contributed by atoms with Crippen molar-refractivity contribution >= 4 is 11.6 Å². The lowest BCUT2D eigenvalue weighted by Crippen LogP contribution is -2.42. The molecule has 3 aromatic rings. The van der Waals surface area contributed by atoms with Crippen LogP contribution in [0.2, 0.25) is 0 Å². The van der Waals surface area contributed by atoms with E-state index in [-0.39, 0.29) is 18.3 Å². The Morgan fingerprint density at radius 3 is 2.57 bits per heavy atom. The largest absolute Gasteiger partial charge is 0.506 e. The number of hydrogen-bond donors (Lipinski definition) is 1. The van der Waals surface area contributed by atoms with Crippen LogP contribution in [-0.4, -0.2) is 35.8 Å². The standard InChI is InChI=1S/C23H18N2O5/c26-15-6-5-14(24-11-15)12-25-18-4-2-1-3-16(18)23(22(25)27)13-30-19-10-21-20(9-17(19)23)28-7-8-29-21/h1-6,9-11,26H,7-8,12-13H2/t23-/m0/s1. The van der Waals surface area contributed by atoms with Gasteiger partial charge >= 0.3 is 0 Å². The minimum Gasteiger partial charge on any atom is -0.506 e. The van der Waals surface area contributed by atoms with Gasteiger partial charge in [0.15, 0.2) is 11.5 Å². The van der Waals surface area contributed by atoms with Crippen LogP contribution in [0.1, 0.15) is 16.8 Å². The number of benzene rings is 2. The highest BCUT2D eigenvalue weighted by atomic mass is 16.6. The molecule has 6 rings (SSSR count). The van der Waals surface area contributed by atoms with Gasteiger partial charge in [-0.15, -0.1) is 0 Å². The van der Waals surface area contributed by atoms with Crippen molar-refractivity contribution in [3.8, 4) is 23.0 Å². The van der Waals surface area contributed by atoms with Crippen LogP contribution in [-0.2, 0) is 16.8 Å². The van der Waals surface area contributed by atoms with Gasteiger partial charge in [-0.3, -0.25) is 9.78 Å². The molecule has 0 aliphatic carbocycles. The maximum atomic E-state index is 13.9. The van der Waals surface area contributed by atoms with Crippen LogP contribution in [0.15, 0.2) is 54.7 Å². The molecular weight excluding hydrogens is 384 g/mol. The summed E-state index contributed by atoms with van der Waals surface area (Å²) >= 11 is 0. The molecule has 150 valence electrons. The van der Waals surface area contributed by atoms with Crippen LogP contribution in [0.3, 0.4) is 0 Å². The molecule has 1 N–H and O–H groups in total. The molecule has 30 heavy (non-hydrogen) atoms.